The van der Waals surface area contributed by atoms with Gasteiger partial charge in [0.1, 0.15) is 0 Å². The van der Waals surface area contributed by atoms with Gasteiger partial charge < -0.3 is 19.9 Å². The number of nitrogens with one attached hydrogen (secondary N) is 2. The number of nitrogens with zero attached hydrogens (tertiary/aromatic N) is 1. The lowest BCUT2D eigenvalue weighted by atomic mass is 9.83. The molecule has 5 rings (SSSR count). The van der Waals surface area contributed by atoms with Crippen LogP contribution < -0.4 is 10.9 Å². The van der Waals surface area contributed by atoms with E-state index in [1.807, 2.05) is 41.3 Å². The lowest BCUT2D eigenvalue weighted by Gasteiger charge is -2.38. The molecule has 2 N–H and O–H groups in total. The number of ether oxygens (including phenoxy) is 1. The van der Waals surface area contributed by atoms with Crippen LogP contribution in [0.2, 0.25) is 0 Å². The monoisotopic (exact) mass is 429 g/mol. The molecule has 164 valence electrons. The van der Waals surface area contributed by atoms with E-state index in [9.17, 15) is 9.59 Å². The number of hydrogen-bond acceptors (Lipinski definition) is 4. The van der Waals surface area contributed by atoms with Crippen LogP contribution >= 0.6 is 0 Å². The average molecular weight is 430 g/mol. The molecule has 2 fully saturated rings. The summed E-state index contributed by atoms with van der Waals surface area (Å²) in [6, 6.07) is 21.6. The van der Waals surface area contributed by atoms with Crippen LogP contribution in [0.3, 0.4) is 0 Å². The van der Waals surface area contributed by atoms with E-state index in [1.54, 1.807) is 12.3 Å². The summed E-state index contributed by atoms with van der Waals surface area (Å²) < 4.78 is 5.74. The largest absolute Gasteiger partial charge is 0.377 e. The highest BCUT2D eigenvalue weighted by Crippen LogP contribution is 2.37. The molecule has 2 saturated heterocycles. The van der Waals surface area contributed by atoms with E-state index in [2.05, 4.69) is 34.6 Å². The SMILES string of the molecule is O=C(C1CNCC1c1ccccc1-c1ccc(=O)[nH]c1)N1CCOC[C@H]1c1ccccc1. The molecule has 3 heterocycles. The number of hydrogen-bond donors (Lipinski definition) is 2. The standard InChI is InChI=1S/C26H27N3O3/c30-25-11-10-19(14-28-25)20-8-4-5-9-21(20)22-15-27-16-23(22)26(31)29-12-13-32-17-24(29)18-6-2-1-3-7-18/h1-11,14,22-24,27H,12-13,15-17H2,(H,28,30)/t22?,23?,24-/m0/s1. The molecule has 2 aliphatic heterocycles. The second-order valence-corrected chi connectivity index (χ2v) is 8.43. The van der Waals surface area contributed by atoms with Crippen LogP contribution in [0.4, 0.5) is 0 Å². The van der Waals surface area contributed by atoms with Gasteiger partial charge in [0.2, 0.25) is 11.5 Å². The van der Waals surface area contributed by atoms with Crippen molar-refractivity contribution >= 4 is 5.91 Å². The Morgan fingerprint density at radius 2 is 1.78 bits per heavy atom. The molecule has 6 nitrogen and oxygen atoms in total. The van der Waals surface area contributed by atoms with Crippen LogP contribution in [0.15, 0.2) is 77.7 Å². The molecular formula is C26H27N3O3. The van der Waals surface area contributed by atoms with Gasteiger partial charge in [-0.25, -0.2) is 0 Å². The minimum atomic E-state index is -0.150. The normalized spacial score (nSPS) is 23.2. The minimum absolute atomic E-state index is 0.0601. The number of rotatable bonds is 4. The van der Waals surface area contributed by atoms with Crippen LogP contribution in [0, 0.1) is 5.92 Å². The first kappa shape index (κ1) is 20.7. The molecule has 32 heavy (non-hydrogen) atoms. The summed E-state index contributed by atoms with van der Waals surface area (Å²) in [6.07, 6.45) is 1.74. The first-order valence-electron chi connectivity index (χ1n) is 11.1. The Morgan fingerprint density at radius 3 is 2.59 bits per heavy atom. The van der Waals surface area contributed by atoms with Crippen molar-refractivity contribution in [2.45, 2.75) is 12.0 Å². The first-order chi connectivity index (χ1) is 15.7. The van der Waals surface area contributed by atoms with Crippen molar-refractivity contribution in [2.75, 3.05) is 32.8 Å². The number of benzene rings is 2. The van der Waals surface area contributed by atoms with Crippen molar-refractivity contribution in [3.8, 4) is 11.1 Å². The number of carbonyl (C=O) groups is 1. The van der Waals surface area contributed by atoms with Crippen molar-refractivity contribution in [3.63, 3.8) is 0 Å². The Morgan fingerprint density at radius 1 is 0.969 bits per heavy atom. The van der Waals surface area contributed by atoms with Crippen molar-refractivity contribution in [1.29, 1.82) is 0 Å². The van der Waals surface area contributed by atoms with Crippen LogP contribution in [0.25, 0.3) is 11.1 Å². The number of amides is 1. The number of pyridine rings is 1. The van der Waals surface area contributed by atoms with E-state index < -0.39 is 0 Å². The van der Waals surface area contributed by atoms with Gasteiger partial charge >= 0.3 is 0 Å². The van der Waals surface area contributed by atoms with Gasteiger partial charge in [0.05, 0.1) is 25.2 Å². The number of carbonyl (C=O) groups excluding carboxylic acids is 1. The zero-order chi connectivity index (χ0) is 21.9. The topological polar surface area (TPSA) is 74.4 Å². The second kappa shape index (κ2) is 9.10. The Labute approximate surface area is 187 Å². The molecule has 2 aliphatic rings. The highest BCUT2D eigenvalue weighted by molar-refractivity contribution is 5.82. The molecule has 0 spiro atoms. The Hall–Kier alpha value is -3.22. The Kier molecular flexibility index (Phi) is 5.88. The van der Waals surface area contributed by atoms with Crippen LogP contribution in [-0.4, -0.2) is 48.6 Å². The zero-order valence-electron chi connectivity index (χ0n) is 17.9. The van der Waals surface area contributed by atoms with Gasteiger partial charge in [-0.3, -0.25) is 9.59 Å². The molecule has 3 aromatic rings. The summed E-state index contributed by atoms with van der Waals surface area (Å²) >= 11 is 0. The third-order valence-corrected chi connectivity index (χ3v) is 6.58. The fraction of sp³-hybridized carbons (Fsp3) is 0.308. The number of H-pyrrole nitrogens is 1. The molecule has 0 saturated carbocycles. The van der Waals surface area contributed by atoms with Crippen molar-refractivity contribution < 1.29 is 9.53 Å². The maximum atomic E-state index is 13.8. The van der Waals surface area contributed by atoms with Crippen molar-refractivity contribution in [1.82, 2.24) is 15.2 Å². The molecule has 0 bridgehead atoms. The van der Waals surface area contributed by atoms with Gasteiger partial charge in [0.25, 0.3) is 0 Å². The maximum Gasteiger partial charge on any atom is 0.247 e. The summed E-state index contributed by atoms with van der Waals surface area (Å²) in [4.78, 5) is 30.1. The Balaban J connectivity index is 1.46. The lowest BCUT2D eigenvalue weighted by Crippen LogP contribution is -2.47. The molecule has 1 aromatic heterocycles. The smallest absolute Gasteiger partial charge is 0.247 e. The molecular weight excluding hydrogens is 402 g/mol. The average Bonchev–Trinajstić information content (AvgIpc) is 3.34. The van der Waals surface area contributed by atoms with E-state index in [-0.39, 0.29) is 29.3 Å². The predicted molar refractivity (Wildman–Crippen MR) is 123 cm³/mol. The lowest BCUT2D eigenvalue weighted by molar-refractivity contribution is -0.144. The Bertz CT molecular complexity index is 1120. The summed E-state index contributed by atoms with van der Waals surface area (Å²) in [6.45, 7) is 3.09. The third-order valence-electron chi connectivity index (χ3n) is 6.58. The van der Waals surface area contributed by atoms with E-state index in [1.165, 1.54) is 0 Å². The van der Waals surface area contributed by atoms with Crippen LogP contribution in [0.1, 0.15) is 23.1 Å². The maximum absolute atomic E-state index is 13.8. The molecule has 0 aliphatic carbocycles. The van der Waals surface area contributed by atoms with Crippen molar-refractivity contribution in [2.24, 2.45) is 5.92 Å². The van der Waals surface area contributed by atoms with Gasteiger partial charge in [0, 0.05) is 37.8 Å². The molecule has 2 unspecified atom stereocenters. The molecule has 1 amide bonds. The van der Waals surface area contributed by atoms with Crippen LogP contribution in [-0.2, 0) is 9.53 Å². The summed E-state index contributed by atoms with van der Waals surface area (Å²) in [7, 11) is 0. The molecule has 3 atom stereocenters. The van der Waals surface area contributed by atoms with Gasteiger partial charge in [0.15, 0.2) is 0 Å². The number of morpholine rings is 1. The van der Waals surface area contributed by atoms with Gasteiger partial charge in [-0.05, 0) is 28.3 Å². The quantitative estimate of drug-likeness (QED) is 0.669. The summed E-state index contributed by atoms with van der Waals surface area (Å²) in [5.74, 6) is 0.0848. The highest BCUT2D eigenvalue weighted by Gasteiger charge is 2.40. The molecule has 6 heteroatoms. The number of aromatic amines is 1. The summed E-state index contributed by atoms with van der Waals surface area (Å²) in [5, 5.41) is 3.45. The fourth-order valence-corrected chi connectivity index (χ4v) is 4.96. The van der Waals surface area contributed by atoms with Gasteiger partial charge in [-0.1, -0.05) is 54.6 Å². The molecule has 0 radical (unpaired) electrons. The summed E-state index contributed by atoms with van der Waals surface area (Å²) in [5.41, 5.74) is 4.12. The van der Waals surface area contributed by atoms with E-state index in [0.717, 1.165) is 28.8 Å². The second-order valence-electron chi connectivity index (χ2n) is 8.43. The number of aromatic nitrogens is 1. The van der Waals surface area contributed by atoms with E-state index in [4.69, 9.17) is 4.74 Å². The van der Waals surface area contributed by atoms with Gasteiger partial charge in [-0.2, -0.15) is 0 Å². The fourth-order valence-electron chi connectivity index (χ4n) is 4.96. The first-order valence-corrected chi connectivity index (χ1v) is 11.1. The predicted octanol–water partition coefficient (Wildman–Crippen LogP) is 2.95. The highest BCUT2D eigenvalue weighted by atomic mass is 16.5. The van der Waals surface area contributed by atoms with Gasteiger partial charge in [-0.15, -0.1) is 0 Å². The zero-order valence-corrected chi connectivity index (χ0v) is 17.9. The van der Waals surface area contributed by atoms with Crippen molar-refractivity contribution in [3.05, 3.63) is 94.4 Å². The minimum Gasteiger partial charge on any atom is -0.377 e. The van der Waals surface area contributed by atoms with E-state index >= 15 is 0 Å². The van der Waals surface area contributed by atoms with Crippen LogP contribution in [0.5, 0.6) is 0 Å². The third kappa shape index (κ3) is 3.99. The molecule has 2 aromatic carbocycles. The van der Waals surface area contributed by atoms with E-state index in [0.29, 0.717) is 26.3 Å².